The fourth-order valence-corrected chi connectivity index (χ4v) is 4.90. The highest BCUT2D eigenvalue weighted by molar-refractivity contribution is 9.11. The molecule has 0 aliphatic carbocycles. The summed E-state index contributed by atoms with van der Waals surface area (Å²) in [7, 11) is 0. The SMILES string of the molecule is CC1ONCC1OC(SC1=CNCC(Br)=C1)[C@@H](OCC(=O)O)N(N)/C=C(\N)c1cc(F)c(F)c(F)c1. The third-order valence-electron chi connectivity index (χ3n) is 4.96. The number of hydrogen-bond acceptors (Lipinski definition) is 10. The highest BCUT2D eigenvalue weighted by atomic mass is 79.9. The number of hydrogen-bond donors (Lipinski definition) is 5. The van der Waals surface area contributed by atoms with Crippen molar-refractivity contribution in [2.45, 2.75) is 30.8 Å². The number of hydrazine groups is 1. The van der Waals surface area contributed by atoms with Crippen molar-refractivity contribution < 1.29 is 37.4 Å². The first-order valence-corrected chi connectivity index (χ1v) is 12.2. The predicted molar refractivity (Wildman–Crippen MR) is 130 cm³/mol. The molecule has 1 saturated heterocycles. The minimum Gasteiger partial charge on any atom is -0.480 e. The number of dihydropyridines is 1. The van der Waals surface area contributed by atoms with Gasteiger partial charge in [0.2, 0.25) is 0 Å². The molecule has 15 heteroatoms. The Labute approximate surface area is 217 Å². The largest absolute Gasteiger partial charge is 0.480 e. The van der Waals surface area contributed by atoms with E-state index in [1.807, 2.05) is 6.08 Å². The van der Waals surface area contributed by atoms with Gasteiger partial charge in [-0.05, 0) is 25.1 Å². The van der Waals surface area contributed by atoms with Crippen LogP contribution in [0.15, 0.2) is 40.0 Å². The summed E-state index contributed by atoms with van der Waals surface area (Å²) >= 11 is 4.61. The molecule has 3 rings (SSSR count). The van der Waals surface area contributed by atoms with Crippen molar-refractivity contribution in [3.8, 4) is 0 Å². The summed E-state index contributed by atoms with van der Waals surface area (Å²) in [5.41, 5.74) is 7.35. The number of ether oxygens (including phenoxy) is 2. The van der Waals surface area contributed by atoms with E-state index < -0.39 is 47.8 Å². The van der Waals surface area contributed by atoms with Gasteiger partial charge >= 0.3 is 5.97 Å². The zero-order valence-corrected chi connectivity index (χ0v) is 21.3. The summed E-state index contributed by atoms with van der Waals surface area (Å²) in [6, 6.07) is 1.41. The van der Waals surface area contributed by atoms with Gasteiger partial charge in [0, 0.05) is 33.9 Å². The van der Waals surface area contributed by atoms with Gasteiger partial charge in [-0.3, -0.25) is 9.85 Å². The summed E-state index contributed by atoms with van der Waals surface area (Å²) in [6.07, 6.45) is 2.63. The molecular weight excluding hydrogens is 571 g/mol. The lowest BCUT2D eigenvalue weighted by molar-refractivity contribution is -0.158. The van der Waals surface area contributed by atoms with Crippen LogP contribution in [0.1, 0.15) is 12.5 Å². The molecule has 0 spiro atoms. The number of aliphatic carboxylic acids is 1. The standard InChI is InChI=1S/C21H25BrF3N5O5S/c1-10-17(7-29-35-10)34-21(36-13-4-12(22)5-28-6-13)20(33-9-18(31)32)30(27)8-16(26)11-2-14(23)19(25)15(24)3-11/h2-4,6,8,10,17,20-21,28-29H,5,7,9,26-27H2,1H3,(H,31,32)/b16-8-/t10?,17?,20-,21?/m1/s1. The van der Waals surface area contributed by atoms with Crippen molar-refractivity contribution in [2.75, 3.05) is 19.7 Å². The van der Waals surface area contributed by atoms with Crippen LogP contribution >= 0.6 is 27.7 Å². The van der Waals surface area contributed by atoms with Crippen molar-refractivity contribution in [3.63, 3.8) is 0 Å². The van der Waals surface area contributed by atoms with Crippen LogP contribution in [0.25, 0.3) is 5.70 Å². The zero-order chi connectivity index (χ0) is 26.4. The molecule has 0 saturated carbocycles. The molecule has 0 aromatic heterocycles. The Kier molecular flexibility index (Phi) is 10.1. The lowest BCUT2D eigenvalue weighted by Gasteiger charge is -2.34. The van der Waals surface area contributed by atoms with Crippen molar-refractivity contribution in [3.05, 3.63) is 63.0 Å². The van der Waals surface area contributed by atoms with Crippen molar-refractivity contribution in [1.29, 1.82) is 0 Å². The van der Waals surface area contributed by atoms with Gasteiger partial charge in [-0.25, -0.2) is 23.8 Å². The molecule has 3 unspecified atom stereocenters. The van der Waals surface area contributed by atoms with Gasteiger partial charge in [0.25, 0.3) is 0 Å². The number of allylic oxidation sites excluding steroid dienone is 1. The first-order chi connectivity index (χ1) is 17.0. The molecule has 10 nitrogen and oxygen atoms in total. The average Bonchev–Trinajstić information content (AvgIpc) is 3.21. The van der Waals surface area contributed by atoms with E-state index in [0.29, 0.717) is 25.2 Å². The molecule has 4 atom stereocenters. The summed E-state index contributed by atoms with van der Waals surface area (Å²) in [6.45, 7) is 1.97. The maximum absolute atomic E-state index is 13.7. The number of thioether (sulfide) groups is 1. The second-order valence-electron chi connectivity index (χ2n) is 7.73. The van der Waals surface area contributed by atoms with Crippen molar-refractivity contribution >= 4 is 39.4 Å². The predicted octanol–water partition coefficient (Wildman–Crippen LogP) is 2.06. The van der Waals surface area contributed by atoms with Crippen LogP contribution in [-0.4, -0.2) is 59.7 Å². The Balaban J connectivity index is 1.92. The number of carboxylic acids is 1. The smallest absolute Gasteiger partial charge is 0.329 e. The number of hydroxylamine groups is 1. The Morgan fingerprint density at radius 3 is 2.69 bits per heavy atom. The van der Waals surface area contributed by atoms with Crippen LogP contribution in [0.2, 0.25) is 0 Å². The van der Waals surface area contributed by atoms with E-state index in [1.54, 1.807) is 13.1 Å². The van der Waals surface area contributed by atoms with Gasteiger partial charge in [0.1, 0.15) is 18.8 Å². The lowest BCUT2D eigenvalue weighted by atomic mass is 10.1. The number of carbonyl (C=O) groups is 1. The van der Waals surface area contributed by atoms with Crippen LogP contribution in [0, 0.1) is 17.5 Å². The Morgan fingerprint density at radius 1 is 1.42 bits per heavy atom. The average molecular weight is 596 g/mol. The van der Waals surface area contributed by atoms with Gasteiger partial charge in [-0.1, -0.05) is 27.7 Å². The van der Waals surface area contributed by atoms with E-state index in [9.17, 15) is 23.1 Å². The van der Waals surface area contributed by atoms with E-state index in [4.69, 9.17) is 25.9 Å². The number of nitrogens with zero attached hydrogens (tertiary/aromatic N) is 1. The van der Waals surface area contributed by atoms with Crippen molar-refractivity contribution in [1.82, 2.24) is 15.8 Å². The van der Waals surface area contributed by atoms with Crippen molar-refractivity contribution in [2.24, 2.45) is 11.6 Å². The molecule has 1 aromatic carbocycles. The molecule has 198 valence electrons. The molecule has 36 heavy (non-hydrogen) atoms. The summed E-state index contributed by atoms with van der Waals surface area (Å²) < 4.78 is 53.4. The van der Waals surface area contributed by atoms with Crippen LogP contribution in [0.3, 0.4) is 0 Å². The van der Waals surface area contributed by atoms with E-state index >= 15 is 0 Å². The van der Waals surface area contributed by atoms with Crippen LogP contribution in [-0.2, 0) is 19.1 Å². The molecule has 2 heterocycles. The highest BCUT2D eigenvalue weighted by Crippen LogP contribution is 2.33. The second kappa shape index (κ2) is 12.8. The number of benzene rings is 1. The first kappa shape index (κ1) is 28.3. The van der Waals surface area contributed by atoms with E-state index in [-0.39, 0.29) is 17.4 Å². The number of nitrogens with two attached hydrogens (primary N) is 2. The number of halogens is 4. The van der Waals surface area contributed by atoms with Crippen LogP contribution in [0.4, 0.5) is 13.2 Å². The van der Waals surface area contributed by atoms with Gasteiger partial charge in [-0.2, -0.15) is 5.48 Å². The van der Waals surface area contributed by atoms with Gasteiger partial charge < -0.3 is 25.6 Å². The molecule has 1 aromatic rings. The Morgan fingerprint density at radius 2 is 2.11 bits per heavy atom. The van der Waals surface area contributed by atoms with Gasteiger partial charge in [-0.15, -0.1) is 0 Å². The van der Waals surface area contributed by atoms with Crippen LogP contribution in [0.5, 0.6) is 0 Å². The molecule has 1 fully saturated rings. The molecule has 0 radical (unpaired) electrons. The molecule has 0 amide bonds. The minimum atomic E-state index is -1.64. The number of rotatable bonds is 11. The fourth-order valence-electron chi connectivity index (χ4n) is 3.18. The molecule has 2 aliphatic rings. The molecular formula is C21H25BrF3N5O5S. The molecule has 2 aliphatic heterocycles. The topological polar surface area (TPSA) is 144 Å². The highest BCUT2D eigenvalue weighted by Gasteiger charge is 2.35. The normalized spacial score (nSPS) is 21.9. The second-order valence-corrected chi connectivity index (χ2v) is 9.92. The molecule has 7 N–H and O–H groups in total. The first-order valence-electron chi connectivity index (χ1n) is 10.5. The quantitative estimate of drug-likeness (QED) is 0.111. The number of nitrogens with one attached hydrogen (secondary N) is 2. The zero-order valence-electron chi connectivity index (χ0n) is 18.9. The lowest BCUT2D eigenvalue weighted by Crippen LogP contribution is -2.49. The third-order valence-corrected chi connectivity index (χ3v) is 6.56. The monoisotopic (exact) mass is 595 g/mol. The maximum Gasteiger partial charge on any atom is 0.329 e. The number of carboxylic acid groups (broad SMARTS) is 1. The Bertz CT molecular complexity index is 1040. The van der Waals surface area contributed by atoms with E-state index in [1.165, 1.54) is 11.8 Å². The summed E-state index contributed by atoms with van der Waals surface area (Å²) in [5, 5.41) is 13.2. The summed E-state index contributed by atoms with van der Waals surface area (Å²) in [4.78, 5) is 17.3. The fraction of sp³-hybridized carbons (Fsp3) is 0.381. The summed E-state index contributed by atoms with van der Waals surface area (Å²) in [5.74, 6) is 0.415. The van der Waals surface area contributed by atoms with E-state index in [2.05, 4.69) is 26.7 Å². The van der Waals surface area contributed by atoms with Gasteiger partial charge in [0.15, 0.2) is 29.1 Å². The molecule has 0 bridgehead atoms. The van der Waals surface area contributed by atoms with Crippen LogP contribution < -0.4 is 22.4 Å². The van der Waals surface area contributed by atoms with E-state index in [0.717, 1.165) is 20.6 Å². The van der Waals surface area contributed by atoms with Gasteiger partial charge in [0.05, 0.1) is 12.2 Å². The Hall–Kier alpha value is -2.27. The third kappa shape index (κ3) is 7.61. The maximum atomic E-state index is 13.7. The minimum absolute atomic E-state index is 0.183.